The molecular weight excluding hydrogens is 600 g/mol. The van der Waals surface area contributed by atoms with Crippen molar-refractivity contribution in [2.75, 3.05) is 13.2 Å². The second-order valence-corrected chi connectivity index (χ2v) is 14.7. The molecule has 1 atom stereocenters. The Balaban J connectivity index is 4.23. The number of hydrogen-bond acceptors (Lipinski definition) is 6. The monoisotopic (exact) mass is 681 g/mol. The van der Waals surface area contributed by atoms with Crippen LogP contribution in [0.15, 0.2) is 0 Å². The quantitative estimate of drug-likeness (QED) is 0.0369. The van der Waals surface area contributed by atoms with Crippen LogP contribution in [0.25, 0.3) is 0 Å². The molecular formula is C42H80O6. The van der Waals surface area contributed by atoms with Gasteiger partial charge in [-0.3, -0.25) is 14.4 Å². The Kier molecular flexibility index (Phi) is 35.5. The van der Waals surface area contributed by atoms with Crippen molar-refractivity contribution >= 4 is 17.9 Å². The molecule has 0 aromatic carbocycles. The van der Waals surface area contributed by atoms with Gasteiger partial charge in [-0.2, -0.15) is 0 Å². The van der Waals surface area contributed by atoms with Gasteiger partial charge in [0.05, 0.1) is 0 Å². The first-order chi connectivity index (χ1) is 23.4. The first kappa shape index (κ1) is 46.4. The molecule has 0 aromatic heterocycles. The summed E-state index contributed by atoms with van der Waals surface area (Å²) in [6.45, 7) is 8.88. The summed E-state index contributed by atoms with van der Waals surface area (Å²) in [5.74, 6) is -0.0683. The normalized spacial score (nSPS) is 11.9. The van der Waals surface area contributed by atoms with Crippen molar-refractivity contribution in [2.24, 2.45) is 5.92 Å². The van der Waals surface area contributed by atoms with Crippen LogP contribution in [0.5, 0.6) is 0 Å². The molecule has 0 spiro atoms. The summed E-state index contributed by atoms with van der Waals surface area (Å²) in [5, 5.41) is 0. The van der Waals surface area contributed by atoms with Crippen molar-refractivity contribution in [1.29, 1.82) is 0 Å². The van der Waals surface area contributed by atoms with Crippen LogP contribution in [0.1, 0.15) is 227 Å². The third kappa shape index (κ3) is 35.7. The smallest absolute Gasteiger partial charge is 0.306 e. The highest BCUT2D eigenvalue weighted by molar-refractivity contribution is 5.71. The third-order valence-electron chi connectivity index (χ3n) is 9.29. The molecule has 0 fully saturated rings. The van der Waals surface area contributed by atoms with E-state index in [9.17, 15) is 14.4 Å². The zero-order chi connectivity index (χ0) is 35.3. The Morgan fingerprint density at radius 1 is 0.396 bits per heavy atom. The molecule has 0 heterocycles. The summed E-state index contributed by atoms with van der Waals surface area (Å²) in [7, 11) is 0. The molecule has 0 aromatic rings. The average Bonchev–Trinajstić information content (AvgIpc) is 3.06. The Morgan fingerprint density at radius 2 is 0.688 bits per heavy atom. The highest BCUT2D eigenvalue weighted by Crippen LogP contribution is 2.15. The Morgan fingerprint density at radius 3 is 1.02 bits per heavy atom. The predicted octanol–water partition coefficient (Wildman–Crippen LogP) is 12.8. The molecule has 0 bridgehead atoms. The minimum atomic E-state index is -0.757. The topological polar surface area (TPSA) is 78.9 Å². The summed E-state index contributed by atoms with van der Waals surface area (Å²) >= 11 is 0. The molecule has 0 aliphatic carbocycles. The van der Waals surface area contributed by atoms with E-state index in [1.54, 1.807) is 0 Å². The lowest BCUT2D eigenvalue weighted by molar-refractivity contribution is -0.167. The highest BCUT2D eigenvalue weighted by Gasteiger charge is 2.19. The van der Waals surface area contributed by atoms with Crippen LogP contribution in [0.3, 0.4) is 0 Å². The van der Waals surface area contributed by atoms with Gasteiger partial charge in [-0.15, -0.1) is 0 Å². The number of ether oxygens (including phenoxy) is 3. The molecule has 6 heteroatoms. The second kappa shape index (κ2) is 36.7. The summed E-state index contributed by atoms with van der Waals surface area (Å²) < 4.78 is 16.6. The second-order valence-electron chi connectivity index (χ2n) is 14.7. The fourth-order valence-corrected chi connectivity index (χ4v) is 6.10. The minimum absolute atomic E-state index is 0.0655. The molecule has 48 heavy (non-hydrogen) atoms. The molecule has 0 aliphatic heterocycles. The van der Waals surface area contributed by atoms with Gasteiger partial charge in [0.2, 0.25) is 0 Å². The Labute approximate surface area is 298 Å². The van der Waals surface area contributed by atoms with Gasteiger partial charge in [0, 0.05) is 19.3 Å². The maximum Gasteiger partial charge on any atom is 0.306 e. The van der Waals surface area contributed by atoms with Crippen LogP contribution < -0.4 is 0 Å². The van der Waals surface area contributed by atoms with Gasteiger partial charge in [0.1, 0.15) is 13.2 Å². The van der Waals surface area contributed by atoms with Crippen LogP contribution in [0.4, 0.5) is 0 Å². The largest absolute Gasteiger partial charge is 0.462 e. The van der Waals surface area contributed by atoms with Gasteiger partial charge in [-0.05, 0) is 25.2 Å². The maximum atomic E-state index is 12.6. The van der Waals surface area contributed by atoms with E-state index in [0.717, 1.165) is 70.1 Å². The van der Waals surface area contributed by atoms with E-state index in [-0.39, 0.29) is 31.1 Å². The van der Waals surface area contributed by atoms with E-state index >= 15 is 0 Å². The lowest BCUT2D eigenvalue weighted by Gasteiger charge is -2.18. The van der Waals surface area contributed by atoms with E-state index in [1.165, 1.54) is 116 Å². The van der Waals surface area contributed by atoms with E-state index in [0.29, 0.717) is 19.3 Å². The van der Waals surface area contributed by atoms with Crippen molar-refractivity contribution in [1.82, 2.24) is 0 Å². The number of hydrogen-bond donors (Lipinski definition) is 0. The van der Waals surface area contributed by atoms with Crippen molar-refractivity contribution < 1.29 is 28.6 Å². The van der Waals surface area contributed by atoms with Gasteiger partial charge in [0.25, 0.3) is 0 Å². The van der Waals surface area contributed by atoms with Crippen LogP contribution in [-0.2, 0) is 28.6 Å². The van der Waals surface area contributed by atoms with Crippen molar-refractivity contribution in [3.05, 3.63) is 0 Å². The van der Waals surface area contributed by atoms with Gasteiger partial charge < -0.3 is 14.2 Å². The lowest BCUT2D eigenvalue weighted by atomic mass is 10.0. The van der Waals surface area contributed by atoms with Gasteiger partial charge in [0.15, 0.2) is 6.10 Å². The van der Waals surface area contributed by atoms with Crippen molar-refractivity contribution in [3.63, 3.8) is 0 Å². The molecule has 0 unspecified atom stereocenters. The zero-order valence-electron chi connectivity index (χ0n) is 32.4. The minimum Gasteiger partial charge on any atom is -0.462 e. The number of unbranched alkanes of at least 4 members (excludes halogenated alkanes) is 24. The van der Waals surface area contributed by atoms with Gasteiger partial charge in [-0.1, -0.05) is 188 Å². The fraction of sp³-hybridized carbons (Fsp3) is 0.929. The molecule has 0 amide bonds. The molecule has 284 valence electrons. The van der Waals surface area contributed by atoms with E-state index in [1.807, 2.05) is 0 Å². The molecule has 0 saturated carbocycles. The number of esters is 3. The molecule has 0 aliphatic rings. The summed E-state index contributed by atoms with van der Waals surface area (Å²) in [6.07, 6.45) is 34.0. The molecule has 0 N–H and O–H groups in total. The van der Waals surface area contributed by atoms with Crippen LogP contribution in [0, 0.1) is 5.92 Å². The maximum absolute atomic E-state index is 12.6. The van der Waals surface area contributed by atoms with Crippen molar-refractivity contribution in [2.45, 2.75) is 233 Å². The van der Waals surface area contributed by atoms with Gasteiger partial charge >= 0.3 is 17.9 Å². The lowest BCUT2D eigenvalue weighted by Crippen LogP contribution is -2.30. The SMILES string of the molecule is CCCCCCCCCCCCCCCC(=O)OC[C@@H](COC(=O)CCCCCCC)OC(=O)CCCCCCCCCCCC(C)C. The number of rotatable bonds is 37. The standard InChI is InChI=1S/C42H80O6/c1-5-7-9-11-12-13-14-15-16-19-22-26-30-34-41(44)47-37-39(36-46-40(43)33-29-24-10-8-6-2)48-42(45)35-31-27-23-20-17-18-21-25-28-32-38(3)4/h38-39H,5-37H2,1-4H3/t39-/m1/s1. The summed E-state index contributed by atoms with van der Waals surface area (Å²) in [6, 6.07) is 0. The predicted molar refractivity (Wildman–Crippen MR) is 201 cm³/mol. The van der Waals surface area contributed by atoms with E-state index in [2.05, 4.69) is 27.7 Å². The number of carbonyl (C=O) groups is 3. The van der Waals surface area contributed by atoms with Crippen molar-refractivity contribution in [3.8, 4) is 0 Å². The highest BCUT2D eigenvalue weighted by atomic mass is 16.6. The van der Waals surface area contributed by atoms with Crippen LogP contribution in [-0.4, -0.2) is 37.2 Å². The molecule has 6 nitrogen and oxygen atoms in total. The number of carbonyl (C=O) groups excluding carboxylic acids is 3. The molecule has 0 saturated heterocycles. The molecule has 0 radical (unpaired) electrons. The average molecular weight is 681 g/mol. The third-order valence-corrected chi connectivity index (χ3v) is 9.29. The summed E-state index contributed by atoms with van der Waals surface area (Å²) in [5.41, 5.74) is 0. The zero-order valence-corrected chi connectivity index (χ0v) is 32.4. The fourth-order valence-electron chi connectivity index (χ4n) is 6.10. The Hall–Kier alpha value is -1.59. The Bertz CT molecular complexity index is 721. The van der Waals surface area contributed by atoms with Crippen LogP contribution in [0.2, 0.25) is 0 Å². The first-order valence-corrected chi connectivity index (χ1v) is 20.9. The molecule has 0 rings (SSSR count). The van der Waals surface area contributed by atoms with Gasteiger partial charge in [-0.25, -0.2) is 0 Å². The van der Waals surface area contributed by atoms with E-state index < -0.39 is 6.10 Å². The first-order valence-electron chi connectivity index (χ1n) is 20.9. The van der Waals surface area contributed by atoms with E-state index in [4.69, 9.17) is 14.2 Å². The van der Waals surface area contributed by atoms with Crippen LogP contribution >= 0.6 is 0 Å². The summed E-state index contributed by atoms with van der Waals surface area (Å²) in [4.78, 5) is 37.3.